The lowest BCUT2D eigenvalue weighted by atomic mass is 10.2. The third kappa shape index (κ3) is 4.12. The largest absolute Gasteiger partial charge is 0.338 e. The van der Waals surface area contributed by atoms with Gasteiger partial charge < -0.3 is 5.32 Å². The fourth-order valence-electron chi connectivity index (χ4n) is 2.45. The molecular weight excluding hydrogens is 372 g/mol. The third-order valence-corrected chi connectivity index (χ3v) is 5.50. The normalized spacial score (nSPS) is 11.2. The van der Waals surface area contributed by atoms with Gasteiger partial charge in [-0.1, -0.05) is 41.4 Å². The van der Waals surface area contributed by atoms with E-state index in [1.54, 1.807) is 37.3 Å². The Morgan fingerprint density at radius 2 is 1.62 bits per heavy atom. The molecule has 3 aromatic rings. The molecule has 0 unspecified atom stereocenters. The average Bonchev–Trinajstić information content (AvgIpc) is 2.58. The maximum absolute atomic E-state index is 12.5. The Hall–Kier alpha value is -2.64. The zero-order chi connectivity index (χ0) is 18.7. The van der Waals surface area contributed by atoms with Crippen molar-refractivity contribution in [3.8, 4) is 0 Å². The Morgan fingerprint density at radius 3 is 2.27 bits per heavy atom. The van der Waals surface area contributed by atoms with Crippen LogP contribution in [0.5, 0.6) is 0 Å². The molecule has 0 radical (unpaired) electrons. The van der Waals surface area contributed by atoms with E-state index in [0.717, 1.165) is 5.56 Å². The van der Waals surface area contributed by atoms with Crippen molar-refractivity contribution in [2.24, 2.45) is 0 Å². The second kappa shape index (κ2) is 7.31. The lowest BCUT2D eigenvalue weighted by Gasteiger charge is -2.11. The van der Waals surface area contributed by atoms with Gasteiger partial charge in [-0.25, -0.2) is 8.42 Å². The van der Waals surface area contributed by atoms with Gasteiger partial charge in [0.1, 0.15) is 0 Å². The Kier molecular flexibility index (Phi) is 5.11. The first-order valence-electron chi connectivity index (χ1n) is 7.80. The maximum atomic E-state index is 12.5. The van der Waals surface area contributed by atoms with Gasteiger partial charge in [0, 0.05) is 0 Å². The number of aromatic nitrogens is 2. The van der Waals surface area contributed by atoms with Gasteiger partial charge in [-0.05, 0) is 49.7 Å². The van der Waals surface area contributed by atoms with E-state index < -0.39 is 10.0 Å². The summed E-state index contributed by atoms with van der Waals surface area (Å²) in [5.41, 5.74) is 2.35. The Labute approximate surface area is 157 Å². The van der Waals surface area contributed by atoms with Crippen molar-refractivity contribution in [1.82, 2.24) is 10.2 Å². The molecule has 0 bridgehead atoms. The highest BCUT2D eigenvalue weighted by molar-refractivity contribution is 7.92. The molecule has 2 N–H and O–H groups in total. The molecule has 0 fully saturated rings. The minimum absolute atomic E-state index is 0.134. The lowest BCUT2D eigenvalue weighted by molar-refractivity contribution is 0.600. The van der Waals surface area contributed by atoms with E-state index in [0.29, 0.717) is 22.1 Å². The fourth-order valence-corrected chi connectivity index (χ4v) is 3.85. The molecular formula is C18H17ClN4O2S. The summed E-state index contributed by atoms with van der Waals surface area (Å²) in [7, 11) is -3.73. The molecule has 0 aliphatic rings. The van der Waals surface area contributed by atoms with Crippen molar-refractivity contribution < 1.29 is 8.42 Å². The van der Waals surface area contributed by atoms with Crippen LogP contribution in [0.2, 0.25) is 5.02 Å². The molecule has 0 aliphatic heterocycles. The molecule has 2 aromatic carbocycles. The molecule has 0 aliphatic carbocycles. The third-order valence-electron chi connectivity index (χ3n) is 3.66. The van der Waals surface area contributed by atoms with E-state index in [2.05, 4.69) is 20.2 Å². The summed E-state index contributed by atoms with van der Waals surface area (Å²) in [6, 6.07) is 15.5. The number of nitrogens with one attached hydrogen (secondary N) is 2. The zero-order valence-electron chi connectivity index (χ0n) is 14.2. The Bertz CT molecular complexity index is 1040. The van der Waals surface area contributed by atoms with Crippen LogP contribution in [0.15, 0.2) is 59.5 Å². The molecule has 3 rings (SSSR count). The highest BCUT2D eigenvalue weighted by Crippen LogP contribution is 2.24. The molecule has 1 heterocycles. The quantitative estimate of drug-likeness (QED) is 0.681. The molecule has 0 saturated carbocycles. The van der Waals surface area contributed by atoms with Crippen LogP contribution < -0.4 is 10.0 Å². The molecule has 0 atom stereocenters. The van der Waals surface area contributed by atoms with Crippen molar-refractivity contribution in [2.45, 2.75) is 18.7 Å². The summed E-state index contributed by atoms with van der Waals surface area (Å²) in [5.74, 6) is 0.585. The van der Waals surface area contributed by atoms with Crippen LogP contribution in [-0.2, 0) is 10.0 Å². The topological polar surface area (TPSA) is 84.0 Å². The van der Waals surface area contributed by atoms with Crippen LogP contribution in [0, 0.1) is 13.8 Å². The number of aryl methyl sites for hydroxylation is 2. The fraction of sp³-hybridized carbons (Fsp3) is 0.111. The summed E-state index contributed by atoms with van der Waals surface area (Å²) in [6.45, 7) is 3.66. The predicted molar refractivity (Wildman–Crippen MR) is 103 cm³/mol. The Morgan fingerprint density at radius 1 is 0.923 bits per heavy atom. The van der Waals surface area contributed by atoms with Gasteiger partial charge in [0.15, 0.2) is 11.6 Å². The van der Waals surface area contributed by atoms with Crippen molar-refractivity contribution in [2.75, 3.05) is 10.0 Å². The number of halogens is 1. The van der Waals surface area contributed by atoms with E-state index in [1.165, 1.54) is 6.07 Å². The second-order valence-corrected chi connectivity index (χ2v) is 7.84. The zero-order valence-corrected chi connectivity index (χ0v) is 15.8. The molecule has 0 saturated heterocycles. The average molecular weight is 389 g/mol. The number of hydrogen-bond acceptors (Lipinski definition) is 5. The number of anilines is 3. The van der Waals surface area contributed by atoms with Gasteiger partial charge in [0.25, 0.3) is 10.0 Å². The monoisotopic (exact) mass is 388 g/mol. The molecule has 8 heteroatoms. The van der Waals surface area contributed by atoms with Gasteiger partial charge in [-0.15, -0.1) is 10.2 Å². The van der Waals surface area contributed by atoms with Gasteiger partial charge in [-0.3, -0.25) is 4.72 Å². The molecule has 6 nitrogen and oxygen atoms in total. The summed E-state index contributed by atoms with van der Waals surface area (Å²) >= 11 is 6.08. The standard InChI is InChI=1S/C18H17ClN4O2S/c1-12-7-8-16(13(2)11-12)26(24,25)23-18-10-9-17(21-22-18)20-15-6-4-3-5-14(15)19/h3-11H,1-2H3,(H,20,21)(H,22,23). The summed E-state index contributed by atoms with van der Waals surface area (Å²) in [5, 5.41) is 11.5. The molecule has 0 amide bonds. The van der Waals surface area contributed by atoms with Crippen molar-refractivity contribution in [3.05, 3.63) is 70.7 Å². The van der Waals surface area contributed by atoms with Gasteiger partial charge in [0.2, 0.25) is 0 Å². The number of nitrogens with zero attached hydrogens (tertiary/aromatic N) is 2. The molecule has 0 spiro atoms. The number of benzene rings is 2. The van der Waals surface area contributed by atoms with E-state index in [4.69, 9.17) is 11.6 Å². The molecule has 1 aromatic heterocycles. The van der Waals surface area contributed by atoms with Crippen LogP contribution in [0.25, 0.3) is 0 Å². The van der Waals surface area contributed by atoms with Crippen LogP contribution in [0.4, 0.5) is 17.3 Å². The summed E-state index contributed by atoms with van der Waals surface area (Å²) in [6.07, 6.45) is 0. The smallest absolute Gasteiger partial charge is 0.263 e. The highest BCUT2D eigenvalue weighted by Gasteiger charge is 2.17. The Balaban J connectivity index is 1.77. The van der Waals surface area contributed by atoms with Crippen LogP contribution in [0.3, 0.4) is 0 Å². The van der Waals surface area contributed by atoms with Crippen LogP contribution >= 0.6 is 11.6 Å². The maximum Gasteiger partial charge on any atom is 0.263 e. The summed E-state index contributed by atoms with van der Waals surface area (Å²) < 4.78 is 27.5. The second-order valence-electron chi connectivity index (χ2n) is 5.78. The first-order chi connectivity index (χ1) is 12.3. The first kappa shape index (κ1) is 18.2. The van der Waals surface area contributed by atoms with E-state index in [9.17, 15) is 8.42 Å². The van der Waals surface area contributed by atoms with Crippen LogP contribution in [-0.4, -0.2) is 18.6 Å². The molecule has 26 heavy (non-hydrogen) atoms. The number of hydrogen-bond donors (Lipinski definition) is 2. The van der Waals surface area contributed by atoms with Gasteiger partial charge in [-0.2, -0.15) is 0 Å². The van der Waals surface area contributed by atoms with Crippen molar-refractivity contribution in [3.63, 3.8) is 0 Å². The van der Waals surface area contributed by atoms with Crippen molar-refractivity contribution in [1.29, 1.82) is 0 Å². The highest BCUT2D eigenvalue weighted by atomic mass is 35.5. The first-order valence-corrected chi connectivity index (χ1v) is 9.66. The minimum atomic E-state index is -3.73. The minimum Gasteiger partial charge on any atom is -0.338 e. The molecule has 134 valence electrons. The van der Waals surface area contributed by atoms with Gasteiger partial charge in [0.05, 0.1) is 15.6 Å². The number of para-hydroxylation sites is 1. The van der Waals surface area contributed by atoms with Crippen LogP contribution in [0.1, 0.15) is 11.1 Å². The van der Waals surface area contributed by atoms with Crippen molar-refractivity contribution >= 4 is 38.9 Å². The number of rotatable bonds is 5. The van der Waals surface area contributed by atoms with E-state index >= 15 is 0 Å². The SMILES string of the molecule is Cc1ccc(S(=O)(=O)Nc2ccc(Nc3ccccc3Cl)nn2)c(C)c1. The number of sulfonamides is 1. The lowest BCUT2D eigenvalue weighted by Crippen LogP contribution is -2.15. The van der Waals surface area contributed by atoms with Gasteiger partial charge >= 0.3 is 0 Å². The predicted octanol–water partition coefficient (Wildman–Crippen LogP) is 4.29. The summed E-state index contributed by atoms with van der Waals surface area (Å²) in [4.78, 5) is 0.211. The van der Waals surface area contributed by atoms with E-state index in [1.807, 2.05) is 25.1 Å². The van der Waals surface area contributed by atoms with E-state index in [-0.39, 0.29) is 10.7 Å².